The monoisotopic (exact) mass is 276 g/mol. The summed E-state index contributed by atoms with van der Waals surface area (Å²) in [5.41, 5.74) is 0. The molecule has 3 unspecified atom stereocenters. The highest BCUT2D eigenvalue weighted by atomic mass is 79.9. The molecule has 0 saturated heterocycles. The van der Waals surface area contributed by atoms with Crippen molar-refractivity contribution in [1.82, 2.24) is 0 Å². The Morgan fingerprint density at radius 1 is 1.27 bits per heavy atom. The van der Waals surface area contributed by atoms with Crippen molar-refractivity contribution in [3.05, 3.63) is 0 Å². The number of hydrogen-bond donors (Lipinski definition) is 0. The summed E-state index contributed by atoms with van der Waals surface area (Å²) in [4.78, 5) is 0. The molecule has 0 aromatic heterocycles. The van der Waals surface area contributed by atoms with Gasteiger partial charge in [0, 0.05) is 11.9 Å². The molecule has 1 nitrogen and oxygen atoms in total. The quantitative estimate of drug-likeness (QED) is 0.654. The molecule has 1 rings (SSSR count). The van der Waals surface area contributed by atoms with Crippen LogP contribution < -0.4 is 0 Å². The smallest absolute Gasteiger partial charge is 0.0600 e. The number of hydrogen-bond acceptors (Lipinski definition) is 1. The molecule has 15 heavy (non-hydrogen) atoms. The SMILES string of the molecule is CC(CCBr)CCOC1CCCCC1C. The summed E-state index contributed by atoms with van der Waals surface area (Å²) < 4.78 is 6.00. The van der Waals surface area contributed by atoms with Crippen molar-refractivity contribution >= 4 is 15.9 Å². The summed E-state index contributed by atoms with van der Waals surface area (Å²) in [5.74, 6) is 1.58. The van der Waals surface area contributed by atoms with E-state index in [2.05, 4.69) is 29.8 Å². The Labute approximate surface area is 103 Å². The fourth-order valence-electron chi connectivity index (χ4n) is 2.28. The van der Waals surface area contributed by atoms with Gasteiger partial charge in [-0.15, -0.1) is 0 Å². The van der Waals surface area contributed by atoms with Gasteiger partial charge in [0.15, 0.2) is 0 Å². The maximum absolute atomic E-state index is 6.00. The first-order chi connectivity index (χ1) is 7.24. The van der Waals surface area contributed by atoms with E-state index in [4.69, 9.17) is 4.74 Å². The molecule has 90 valence electrons. The van der Waals surface area contributed by atoms with E-state index in [9.17, 15) is 0 Å². The van der Waals surface area contributed by atoms with E-state index in [1.807, 2.05) is 0 Å². The lowest BCUT2D eigenvalue weighted by Crippen LogP contribution is -2.26. The van der Waals surface area contributed by atoms with Gasteiger partial charge in [0.2, 0.25) is 0 Å². The predicted molar refractivity (Wildman–Crippen MR) is 69.6 cm³/mol. The fraction of sp³-hybridized carbons (Fsp3) is 1.00. The summed E-state index contributed by atoms with van der Waals surface area (Å²) >= 11 is 3.49. The highest BCUT2D eigenvalue weighted by Gasteiger charge is 2.21. The van der Waals surface area contributed by atoms with Gasteiger partial charge in [0.05, 0.1) is 6.10 Å². The van der Waals surface area contributed by atoms with Crippen LogP contribution in [-0.2, 0) is 4.74 Å². The Hall–Kier alpha value is 0.440. The molecule has 2 heteroatoms. The second-order valence-corrected chi connectivity index (χ2v) is 5.84. The van der Waals surface area contributed by atoms with Crippen molar-refractivity contribution < 1.29 is 4.74 Å². The van der Waals surface area contributed by atoms with Crippen molar-refractivity contribution in [3.63, 3.8) is 0 Å². The van der Waals surface area contributed by atoms with E-state index in [0.717, 1.165) is 23.8 Å². The van der Waals surface area contributed by atoms with Crippen LogP contribution in [0.2, 0.25) is 0 Å². The van der Waals surface area contributed by atoms with Crippen molar-refractivity contribution in [2.45, 2.75) is 58.5 Å². The van der Waals surface area contributed by atoms with Crippen molar-refractivity contribution in [1.29, 1.82) is 0 Å². The third-order valence-corrected chi connectivity index (χ3v) is 4.04. The Balaban J connectivity index is 2.08. The molecule has 0 aromatic carbocycles. The second-order valence-electron chi connectivity index (χ2n) is 5.04. The first-order valence-electron chi connectivity index (χ1n) is 6.41. The maximum atomic E-state index is 6.00. The molecular formula is C13H25BrO. The Bertz CT molecular complexity index is 161. The third kappa shape index (κ3) is 5.35. The lowest BCUT2D eigenvalue weighted by molar-refractivity contribution is -0.00988. The van der Waals surface area contributed by atoms with Gasteiger partial charge in [0.1, 0.15) is 0 Å². The maximum Gasteiger partial charge on any atom is 0.0600 e. The molecule has 0 N–H and O–H groups in total. The van der Waals surface area contributed by atoms with E-state index in [-0.39, 0.29) is 0 Å². The van der Waals surface area contributed by atoms with Crippen molar-refractivity contribution in [2.24, 2.45) is 11.8 Å². The number of ether oxygens (including phenoxy) is 1. The van der Waals surface area contributed by atoms with Crippen LogP contribution in [0.4, 0.5) is 0 Å². The van der Waals surface area contributed by atoms with E-state index >= 15 is 0 Å². The van der Waals surface area contributed by atoms with Gasteiger partial charge in [-0.05, 0) is 37.5 Å². The van der Waals surface area contributed by atoms with Crippen LogP contribution in [0.3, 0.4) is 0 Å². The number of alkyl halides is 1. The van der Waals surface area contributed by atoms with E-state index in [1.165, 1.54) is 38.5 Å². The molecule has 3 atom stereocenters. The third-order valence-electron chi connectivity index (χ3n) is 3.58. The average Bonchev–Trinajstić information content (AvgIpc) is 2.21. The summed E-state index contributed by atoms with van der Waals surface area (Å²) in [5, 5.41) is 1.12. The second kappa shape index (κ2) is 7.67. The van der Waals surface area contributed by atoms with Crippen LogP contribution in [0, 0.1) is 11.8 Å². The molecule has 1 aliphatic carbocycles. The van der Waals surface area contributed by atoms with E-state index < -0.39 is 0 Å². The van der Waals surface area contributed by atoms with Crippen molar-refractivity contribution in [3.8, 4) is 0 Å². The van der Waals surface area contributed by atoms with Gasteiger partial charge in [0.25, 0.3) is 0 Å². The minimum absolute atomic E-state index is 0.551. The van der Waals surface area contributed by atoms with Gasteiger partial charge in [-0.2, -0.15) is 0 Å². The van der Waals surface area contributed by atoms with Crippen LogP contribution in [0.25, 0.3) is 0 Å². The first kappa shape index (κ1) is 13.5. The van der Waals surface area contributed by atoms with Crippen molar-refractivity contribution in [2.75, 3.05) is 11.9 Å². The van der Waals surface area contributed by atoms with Gasteiger partial charge >= 0.3 is 0 Å². The molecule has 0 aromatic rings. The molecule has 0 spiro atoms. The zero-order valence-corrected chi connectivity index (χ0v) is 11.8. The standard InChI is InChI=1S/C13H25BrO/c1-11(7-9-14)8-10-15-13-6-4-3-5-12(13)2/h11-13H,3-10H2,1-2H3. The van der Waals surface area contributed by atoms with Crippen LogP contribution in [0.5, 0.6) is 0 Å². The molecule has 0 amide bonds. The van der Waals surface area contributed by atoms with Gasteiger partial charge in [-0.1, -0.05) is 42.6 Å². The zero-order chi connectivity index (χ0) is 11.1. The lowest BCUT2D eigenvalue weighted by atomic mass is 9.88. The van der Waals surface area contributed by atoms with Gasteiger partial charge < -0.3 is 4.74 Å². The minimum atomic E-state index is 0.551. The highest BCUT2D eigenvalue weighted by Crippen LogP contribution is 2.26. The van der Waals surface area contributed by atoms with E-state index in [0.29, 0.717) is 6.10 Å². The molecule has 0 bridgehead atoms. The molecule has 1 aliphatic rings. The van der Waals surface area contributed by atoms with Crippen LogP contribution in [0.1, 0.15) is 52.4 Å². The molecule has 1 saturated carbocycles. The summed E-state index contributed by atoms with van der Waals surface area (Å²) in [6.07, 6.45) is 8.45. The Morgan fingerprint density at radius 2 is 2.00 bits per heavy atom. The van der Waals surface area contributed by atoms with Crippen LogP contribution in [-0.4, -0.2) is 18.0 Å². The topological polar surface area (TPSA) is 9.23 Å². The molecule has 0 heterocycles. The highest BCUT2D eigenvalue weighted by molar-refractivity contribution is 9.09. The Kier molecular flexibility index (Phi) is 6.91. The molecule has 0 radical (unpaired) electrons. The van der Waals surface area contributed by atoms with Gasteiger partial charge in [-0.3, -0.25) is 0 Å². The number of rotatable bonds is 6. The largest absolute Gasteiger partial charge is 0.378 e. The molecular weight excluding hydrogens is 252 g/mol. The summed E-state index contributed by atoms with van der Waals surface area (Å²) in [7, 11) is 0. The fourth-order valence-corrected chi connectivity index (χ4v) is 3.06. The predicted octanol–water partition coefficient (Wildman–Crippen LogP) is 4.39. The zero-order valence-electron chi connectivity index (χ0n) is 10.2. The number of halogens is 1. The van der Waals surface area contributed by atoms with E-state index in [1.54, 1.807) is 0 Å². The summed E-state index contributed by atoms with van der Waals surface area (Å²) in [6, 6.07) is 0. The lowest BCUT2D eigenvalue weighted by Gasteiger charge is -2.29. The first-order valence-corrected chi connectivity index (χ1v) is 7.53. The normalized spacial score (nSPS) is 29.0. The van der Waals surface area contributed by atoms with Crippen LogP contribution >= 0.6 is 15.9 Å². The Morgan fingerprint density at radius 3 is 2.67 bits per heavy atom. The minimum Gasteiger partial charge on any atom is -0.378 e. The summed E-state index contributed by atoms with van der Waals surface area (Å²) in [6.45, 7) is 5.61. The molecule has 1 fully saturated rings. The average molecular weight is 277 g/mol. The molecule has 0 aliphatic heterocycles. The van der Waals surface area contributed by atoms with Crippen LogP contribution in [0.15, 0.2) is 0 Å². The van der Waals surface area contributed by atoms with Gasteiger partial charge in [-0.25, -0.2) is 0 Å².